The predicted molar refractivity (Wildman–Crippen MR) is 83.8 cm³/mol. The van der Waals surface area contributed by atoms with Gasteiger partial charge >= 0.3 is 6.40 Å². The molecule has 0 bridgehead atoms. The Morgan fingerprint density at radius 1 is 1.29 bits per heavy atom. The van der Waals surface area contributed by atoms with Crippen LogP contribution in [0.15, 0.2) is 18.2 Å². The molecule has 1 aromatic carbocycles. The van der Waals surface area contributed by atoms with Gasteiger partial charge in [-0.15, -0.1) is 0 Å². The number of nitrogens with one attached hydrogen (secondary N) is 1. The third-order valence-corrected chi connectivity index (χ3v) is 2.68. The number of hydrogen-bond acceptors (Lipinski definition) is 4. The topological polar surface area (TPSA) is 53.7 Å². The molecule has 0 spiro atoms. The maximum absolute atomic E-state index is 10.3. The average molecular weight is 295 g/mol. The highest BCUT2D eigenvalue weighted by molar-refractivity contribution is 5.39. The molecule has 0 unspecified atom stereocenters. The molecule has 0 fully saturated rings. The molecule has 1 rings (SSSR count). The number of nitrogens with zero attached hydrogens (tertiary/aromatic N) is 1. The summed E-state index contributed by atoms with van der Waals surface area (Å²) in [7, 11) is 3.68. The lowest BCUT2D eigenvalue weighted by atomic mass is 10.0. The van der Waals surface area contributed by atoms with E-state index in [4.69, 9.17) is 9.78 Å². The molecule has 21 heavy (non-hydrogen) atoms. The van der Waals surface area contributed by atoms with Crippen LogP contribution in [0.3, 0.4) is 0 Å². The van der Waals surface area contributed by atoms with E-state index in [-0.39, 0.29) is 5.54 Å². The van der Waals surface area contributed by atoms with E-state index >= 15 is 0 Å². The number of aryl methyl sites for hydroxylation is 1. The van der Waals surface area contributed by atoms with Gasteiger partial charge in [-0.1, -0.05) is 6.07 Å². The van der Waals surface area contributed by atoms with E-state index in [1.165, 1.54) is 6.40 Å². The number of aliphatic hydroxyl groups excluding tert-OH is 1. The van der Waals surface area contributed by atoms with Crippen LogP contribution in [0.2, 0.25) is 0 Å². The smallest absolute Gasteiger partial charge is 0.369 e. The Hall–Kier alpha value is -1.59. The first-order valence-electron chi connectivity index (χ1n) is 7.05. The number of aliphatic hydroxyl groups is 1. The molecule has 0 heterocycles. The molecule has 1 atom stereocenters. The molecule has 0 aliphatic rings. The van der Waals surface area contributed by atoms with Gasteiger partial charge in [0, 0.05) is 12.1 Å². The zero-order valence-corrected chi connectivity index (χ0v) is 13.8. The Balaban J connectivity index is 2.74. The molecule has 1 aromatic rings. The number of rotatable bonds is 6. The molecular formula is C16H27N2O3+. The van der Waals surface area contributed by atoms with Gasteiger partial charge in [-0.3, -0.25) is 4.89 Å². The maximum atomic E-state index is 10.3. The van der Waals surface area contributed by atoms with E-state index in [1.807, 2.05) is 33.2 Å². The van der Waals surface area contributed by atoms with Crippen molar-refractivity contribution in [1.29, 1.82) is 0 Å². The summed E-state index contributed by atoms with van der Waals surface area (Å²) in [5, 5.41) is 13.6. The number of hydrogen-bond donors (Lipinski definition) is 2. The van der Waals surface area contributed by atoms with Crippen LogP contribution in [0.1, 0.15) is 38.0 Å². The lowest BCUT2D eigenvalue weighted by molar-refractivity contribution is -0.475. The van der Waals surface area contributed by atoms with E-state index in [0.29, 0.717) is 12.3 Å². The predicted octanol–water partition coefficient (Wildman–Crippen LogP) is 2.03. The average Bonchev–Trinajstić information content (AvgIpc) is 2.34. The van der Waals surface area contributed by atoms with Crippen LogP contribution in [0, 0.1) is 6.92 Å². The Morgan fingerprint density at radius 3 is 2.52 bits per heavy atom. The summed E-state index contributed by atoms with van der Waals surface area (Å²) in [5.41, 5.74) is 1.77. The van der Waals surface area contributed by atoms with Crippen LogP contribution in [0.25, 0.3) is 0 Å². The van der Waals surface area contributed by atoms with E-state index in [9.17, 15) is 5.11 Å². The van der Waals surface area contributed by atoms with Gasteiger partial charge in [0.2, 0.25) is 0 Å². The van der Waals surface area contributed by atoms with Gasteiger partial charge in [0.1, 0.15) is 14.1 Å². The Labute approximate surface area is 127 Å². The van der Waals surface area contributed by atoms with Crippen LogP contribution in [0.4, 0.5) is 0 Å². The van der Waals surface area contributed by atoms with Crippen molar-refractivity contribution >= 4 is 6.40 Å². The minimum Gasteiger partial charge on any atom is -0.387 e. The van der Waals surface area contributed by atoms with Crippen LogP contribution >= 0.6 is 0 Å². The second kappa shape index (κ2) is 7.43. The van der Waals surface area contributed by atoms with Crippen molar-refractivity contribution in [2.75, 3.05) is 20.6 Å². The molecule has 0 saturated heterocycles. The number of benzene rings is 1. The lowest BCUT2D eigenvalue weighted by Crippen LogP contribution is -2.38. The van der Waals surface area contributed by atoms with Crippen molar-refractivity contribution in [3.63, 3.8) is 0 Å². The summed E-state index contributed by atoms with van der Waals surface area (Å²) < 4.78 is 1.73. The molecule has 2 N–H and O–H groups in total. The van der Waals surface area contributed by atoms with Crippen LogP contribution in [-0.2, 0) is 4.89 Å². The van der Waals surface area contributed by atoms with E-state index < -0.39 is 6.10 Å². The van der Waals surface area contributed by atoms with Gasteiger partial charge in [-0.25, -0.2) is 9.46 Å². The molecule has 0 amide bonds. The van der Waals surface area contributed by atoms with Crippen molar-refractivity contribution in [2.45, 2.75) is 39.3 Å². The normalized spacial score (nSPS) is 12.7. The van der Waals surface area contributed by atoms with E-state index in [2.05, 4.69) is 26.1 Å². The van der Waals surface area contributed by atoms with E-state index in [0.717, 1.165) is 11.1 Å². The standard InChI is InChI=1S/C16H27N2O3/c1-12-7-13(15(19)10-17-16(2,3)4)9-14(8-12)21-20-11-18(5)6/h7-9,11,15,17,19H,10H2,1-6H3/q+1/t15-/m0/s1. The molecular weight excluding hydrogens is 268 g/mol. The third kappa shape index (κ3) is 7.11. The van der Waals surface area contributed by atoms with Crippen LogP contribution in [-0.4, -0.2) is 42.3 Å². The van der Waals surface area contributed by atoms with Crippen molar-refractivity contribution < 1.29 is 19.5 Å². The van der Waals surface area contributed by atoms with Gasteiger partial charge in [0.05, 0.1) is 6.10 Å². The quantitative estimate of drug-likeness (QED) is 0.277. The zero-order valence-electron chi connectivity index (χ0n) is 13.8. The van der Waals surface area contributed by atoms with Crippen LogP contribution < -0.4 is 10.2 Å². The summed E-state index contributed by atoms with van der Waals surface area (Å²) in [6, 6.07) is 5.58. The van der Waals surface area contributed by atoms with Crippen molar-refractivity contribution in [3.8, 4) is 5.75 Å². The van der Waals surface area contributed by atoms with Gasteiger partial charge in [0.15, 0.2) is 5.75 Å². The molecule has 0 aliphatic heterocycles. The maximum Gasteiger partial charge on any atom is 0.369 e. The second-order valence-electron chi connectivity index (χ2n) is 6.47. The lowest BCUT2D eigenvalue weighted by Gasteiger charge is -2.23. The fourth-order valence-corrected chi connectivity index (χ4v) is 1.70. The minimum absolute atomic E-state index is 0.0338. The Bertz CT molecular complexity index is 489. The zero-order chi connectivity index (χ0) is 16.0. The summed E-state index contributed by atoms with van der Waals surface area (Å²) in [5.74, 6) is 0.568. The van der Waals surface area contributed by atoms with Gasteiger partial charge < -0.3 is 10.4 Å². The van der Waals surface area contributed by atoms with E-state index in [1.54, 1.807) is 10.6 Å². The van der Waals surface area contributed by atoms with Crippen molar-refractivity contribution in [3.05, 3.63) is 29.3 Å². The molecule has 5 nitrogen and oxygen atoms in total. The molecule has 118 valence electrons. The van der Waals surface area contributed by atoms with Gasteiger partial charge in [-0.05, 0) is 51.0 Å². The first-order chi connectivity index (χ1) is 9.67. The molecule has 0 saturated carbocycles. The fourth-order valence-electron chi connectivity index (χ4n) is 1.70. The summed E-state index contributed by atoms with van der Waals surface area (Å²) in [4.78, 5) is 10.2. The number of β-amino-alcohol motifs (C(OH)–C–C–N with tert-alkyl or cyclic N) is 1. The summed E-state index contributed by atoms with van der Waals surface area (Å²) in [6.45, 7) is 8.63. The molecule has 5 heteroatoms. The first-order valence-corrected chi connectivity index (χ1v) is 7.05. The van der Waals surface area contributed by atoms with Gasteiger partial charge in [-0.2, -0.15) is 0 Å². The van der Waals surface area contributed by atoms with Crippen molar-refractivity contribution in [2.24, 2.45) is 0 Å². The molecule has 0 radical (unpaired) electrons. The summed E-state index contributed by atoms with van der Waals surface area (Å²) in [6.07, 6.45) is 0.865. The largest absolute Gasteiger partial charge is 0.387 e. The monoisotopic (exact) mass is 295 g/mol. The Morgan fingerprint density at radius 2 is 1.95 bits per heavy atom. The van der Waals surface area contributed by atoms with Crippen LogP contribution in [0.5, 0.6) is 5.75 Å². The SMILES string of the molecule is Cc1cc(OOC=[N+](C)C)cc([C@@H](O)CNC(C)(C)C)c1. The highest BCUT2D eigenvalue weighted by Gasteiger charge is 2.15. The Kier molecular flexibility index (Phi) is 6.18. The summed E-state index contributed by atoms with van der Waals surface area (Å²) >= 11 is 0. The highest BCUT2D eigenvalue weighted by atomic mass is 17.2. The first kappa shape index (κ1) is 17.5. The van der Waals surface area contributed by atoms with Crippen molar-refractivity contribution in [1.82, 2.24) is 5.32 Å². The highest BCUT2D eigenvalue weighted by Crippen LogP contribution is 2.22. The third-order valence-electron chi connectivity index (χ3n) is 2.68. The molecule has 0 aromatic heterocycles. The fraction of sp³-hybridized carbons (Fsp3) is 0.562. The second-order valence-corrected chi connectivity index (χ2v) is 6.47. The minimum atomic E-state index is -0.593. The van der Waals surface area contributed by atoms with Gasteiger partial charge in [0.25, 0.3) is 0 Å². The molecule has 0 aliphatic carbocycles.